The van der Waals surface area contributed by atoms with Gasteiger partial charge in [0.1, 0.15) is 0 Å². The molecule has 1 unspecified atom stereocenters. The molecule has 106 valence electrons. The number of nitrogens with two attached hydrogens (primary N) is 1. The van der Waals surface area contributed by atoms with Gasteiger partial charge in [0.05, 0.1) is 23.9 Å². The fourth-order valence-corrected chi connectivity index (χ4v) is 3.64. The monoisotopic (exact) mass is 264 g/mol. The van der Waals surface area contributed by atoms with E-state index in [0.717, 1.165) is 25.1 Å². The van der Waals surface area contributed by atoms with Crippen molar-refractivity contribution in [2.24, 2.45) is 0 Å². The molecule has 0 bridgehead atoms. The maximum atomic E-state index is 6.37. The third-order valence-corrected chi connectivity index (χ3v) is 4.68. The van der Waals surface area contributed by atoms with Gasteiger partial charge in [0.25, 0.3) is 0 Å². The SMILES string of the molecule is CCc1c(N)nnn1CC1CCC2(CCCCC2)O1. The molecular formula is C14H24N4O. The molecule has 0 aromatic carbocycles. The highest BCUT2D eigenvalue weighted by Gasteiger charge is 2.41. The molecule has 3 rings (SSSR count). The molecule has 1 aromatic rings. The smallest absolute Gasteiger partial charge is 0.169 e. The summed E-state index contributed by atoms with van der Waals surface area (Å²) < 4.78 is 8.31. The van der Waals surface area contributed by atoms with Crippen molar-refractivity contribution in [3.63, 3.8) is 0 Å². The van der Waals surface area contributed by atoms with Gasteiger partial charge in [-0.05, 0) is 32.1 Å². The Hall–Kier alpha value is -1.10. The van der Waals surface area contributed by atoms with Crippen LogP contribution in [-0.4, -0.2) is 26.7 Å². The van der Waals surface area contributed by atoms with Crippen molar-refractivity contribution in [1.82, 2.24) is 15.0 Å². The van der Waals surface area contributed by atoms with Crippen LogP contribution in [0, 0.1) is 0 Å². The number of rotatable bonds is 3. The first-order valence-corrected chi connectivity index (χ1v) is 7.58. The van der Waals surface area contributed by atoms with Crippen LogP contribution in [0.15, 0.2) is 0 Å². The summed E-state index contributed by atoms with van der Waals surface area (Å²) in [4.78, 5) is 0. The zero-order valence-electron chi connectivity index (χ0n) is 11.8. The summed E-state index contributed by atoms with van der Waals surface area (Å²) in [6.07, 6.45) is 10.0. The highest BCUT2D eigenvalue weighted by Crippen LogP contribution is 2.42. The van der Waals surface area contributed by atoms with Gasteiger partial charge < -0.3 is 10.5 Å². The van der Waals surface area contributed by atoms with Gasteiger partial charge in [-0.1, -0.05) is 31.4 Å². The van der Waals surface area contributed by atoms with Gasteiger partial charge in [0.15, 0.2) is 5.82 Å². The summed E-state index contributed by atoms with van der Waals surface area (Å²) >= 11 is 0. The van der Waals surface area contributed by atoms with E-state index in [-0.39, 0.29) is 11.7 Å². The van der Waals surface area contributed by atoms with Crippen LogP contribution in [0.1, 0.15) is 57.6 Å². The maximum absolute atomic E-state index is 6.37. The van der Waals surface area contributed by atoms with Gasteiger partial charge >= 0.3 is 0 Å². The molecule has 19 heavy (non-hydrogen) atoms. The average Bonchev–Trinajstić information content (AvgIpc) is 2.96. The van der Waals surface area contributed by atoms with Gasteiger partial charge in [0.2, 0.25) is 0 Å². The Morgan fingerprint density at radius 3 is 2.84 bits per heavy atom. The minimum Gasteiger partial charge on any atom is -0.381 e. The molecule has 1 aromatic heterocycles. The van der Waals surface area contributed by atoms with Gasteiger partial charge in [-0.15, -0.1) is 5.10 Å². The highest BCUT2D eigenvalue weighted by molar-refractivity contribution is 5.32. The molecule has 2 N–H and O–H groups in total. The summed E-state index contributed by atoms with van der Waals surface area (Å²) in [6, 6.07) is 0. The standard InChI is InChI=1S/C14H24N4O/c1-2-12-13(15)16-17-18(12)10-11-6-9-14(19-11)7-4-3-5-8-14/h11H,2-10,15H2,1H3. The van der Waals surface area contributed by atoms with E-state index in [1.165, 1.54) is 38.5 Å². The van der Waals surface area contributed by atoms with Gasteiger partial charge in [-0.25, -0.2) is 4.68 Å². The van der Waals surface area contributed by atoms with E-state index in [4.69, 9.17) is 10.5 Å². The van der Waals surface area contributed by atoms with Crippen molar-refractivity contribution in [3.05, 3.63) is 5.69 Å². The van der Waals surface area contributed by atoms with E-state index in [2.05, 4.69) is 17.2 Å². The van der Waals surface area contributed by atoms with Gasteiger partial charge in [-0.2, -0.15) is 0 Å². The van der Waals surface area contributed by atoms with Crippen LogP contribution < -0.4 is 5.73 Å². The number of ether oxygens (including phenoxy) is 1. The second kappa shape index (κ2) is 5.12. The Balaban J connectivity index is 1.65. The predicted molar refractivity (Wildman–Crippen MR) is 73.7 cm³/mol. The third-order valence-electron chi connectivity index (χ3n) is 4.68. The van der Waals surface area contributed by atoms with Crippen molar-refractivity contribution in [1.29, 1.82) is 0 Å². The van der Waals surface area contributed by atoms with E-state index >= 15 is 0 Å². The number of aromatic nitrogens is 3. The van der Waals surface area contributed by atoms with E-state index < -0.39 is 0 Å². The molecule has 2 fully saturated rings. The summed E-state index contributed by atoms with van der Waals surface area (Å²) in [6.45, 7) is 2.89. The van der Waals surface area contributed by atoms with Crippen LogP contribution in [0.25, 0.3) is 0 Å². The lowest BCUT2D eigenvalue weighted by Gasteiger charge is -2.33. The number of anilines is 1. The molecule has 5 nitrogen and oxygen atoms in total. The Morgan fingerprint density at radius 2 is 2.11 bits per heavy atom. The lowest BCUT2D eigenvalue weighted by atomic mass is 9.83. The van der Waals surface area contributed by atoms with E-state index in [0.29, 0.717) is 5.82 Å². The summed E-state index contributed by atoms with van der Waals surface area (Å²) in [5.74, 6) is 0.563. The van der Waals surface area contributed by atoms with Crippen LogP contribution in [0.4, 0.5) is 5.82 Å². The first-order chi connectivity index (χ1) is 9.22. The van der Waals surface area contributed by atoms with E-state index in [9.17, 15) is 0 Å². The first-order valence-electron chi connectivity index (χ1n) is 7.58. The van der Waals surface area contributed by atoms with Crippen molar-refractivity contribution in [2.75, 3.05) is 5.73 Å². The van der Waals surface area contributed by atoms with E-state index in [1.54, 1.807) is 0 Å². The molecule has 1 spiro atoms. The number of hydrogen-bond acceptors (Lipinski definition) is 4. The van der Waals surface area contributed by atoms with Gasteiger partial charge in [-0.3, -0.25) is 0 Å². The first kappa shape index (κ1) is 12.9. The molecule has 1 aliphatic heterocycles. The second-order valence-electron chi connectivity index (χ2n) is 5.98. The Kier molecular flexibility index (Phi) is 3.48. The minimum absolute atomic E-state index is 0.182. The molecule has 1 saturated heterocycles. The molecular weight excluding hydrogens is 240 g/mol. The van der Waals surface area contributed by atoms with Crippen molar-refractivity contribution in [3.8, 4) is 0 Å². The fourth-order valence-electron chi connectivity index (χ4n) is 3.64. The topological polar surface area (TPSA) is 66.0 Å². The Bertz CT molecular complexity index is 437. The fraction of sp³-hybridized carbons (Fsp3) is 0.857. The number of nitrogens with zero attached hydrogens (tertiary/aromatic N) is 3. The lowest BCUT2D eigenvalue weighted by molar-refractivity contribution is -0.0691. The summed E-state index contributed by atoms with van der Waals surface area (Å²) in [7, 11) is 0. The zero-order chi connectivity index (χ0) is 13.3. The lowest BCUT2D eigenvalue weighted by Crippen LogP contribution is -2.32. The van der Waals surface area contributed by atoms with E-state index in [1.807, 2.05) is 4.68 Å². The Labute approximate surface area is 114 Å². The highest BCUT2D eigenvalue weighted by atomic mass is 16.5. The van der Waals surface area contributed by atoms with Crippen molar-refractivity contribution in [2.45, 2.75) is 76.5 Å². The van der Waals surface area contributed by atoms with Gasteiger partial charge in [0, 0.05) is 0 Å². The number of nitrogen functional groups attached to an aromatic ring is 1. The van der Waals surface area contributed by atoms with Crippen LogP contribution in [-0.2, 0) is 17.7 Å². The Morgan fingerprint density at radius 1 is 1.32 bits per heavy atom. The molecule has 1 aliphatic carbocycles. The minimum atomic E-state index is 0.182. The van der Waals surface area contributed by atoms with Crippen molar-refractivity contribution >= 4 is 5.82 Å². The molecule has 1 saturated carbocycles. The normalized spacial score (nSPS) is 26.1. The number of hydrogen-bond donors (Lipinski definition) is 1. The maximum Gasteiger partial charge on any atom is 0.169 e. The van der Waals surface area contributed by atoms with Crippen LogP contribution in [0.2, 0.25) is 0 Å². The molecule has 0 amide bonds. The molecule has 0 radical (unpaired) electrons. The molecule has 2 heterocycles. The zero-order valence-corrected chi connectivity index (χ0v) is 11.8. The quantitative estimate of drug-likeness (QED) is 0.909. The van der Waals surface area contributed by atoms with Crippen molar-refractivity contribution < 1.29 is 4.74 Å². The third kappa shape index (κ3) is 2.48. The second-order valence-corrected chi connectivity index (χ2v) is 5.98. The summed E-state index contributed by atoms with van der Waals surface area (Å²) in [5.41, 5.74) is 7.04. The molecule has 1 atom stereocenters. The average molecular weight is 264 g/mol. The molecule has 5 heteroatoms. The largest absolute Gasteiger partial charge is 0.381 e. The van der Waals surface area contributed by atoms with Crippen LogP contribution in [0.5, 0.6) is 0 Å². The summed E-state index contributed by atoms with van der Waals surface area (Å²) in [5, 5.41) is 8.11. The predicted octanol–water partition coefficient (Wildman–Crippen LogP) is 2.30. The van der Waals surface area contributed by atoms with Crippen LogP contribution in [0.3, 0.4) is 0 Å². The van der Waals surface area contributed by atoms with Crippen LogP contribution >= 0.6 is 0 Å². The molecule has 2 aliphatic rings.